The Morgan fingerprint density at radius 2 is 1.78 bits per heavy atom. The monoisotopic (exact) mass is 387 g/mol. The molecule has 152 valence electrons. The summed E-state index contributed by atoms with van der Waals surface area (Å²) in [4.78, 5) is 29.3. The molecule has 0 saturated heterocycles. The van der Waals surface area contributed by atoms with Crippen LogP contribution < -0.4 is 10.2 Å². The minimum Gasteiger partial charge on any atom is -0.444 e. The van der Waals surface area contributed by atoms with Crippen molar-refractivity contribution in [2.24, 2.45) is 0 Å². The number of alkyl carbamates (subject to hydrolysis) is 1. The molecule has 1 heterocycles. The average molecular weight is 387 g/mol. The average Bonchev–Trinajstić information content (AvgIpc) is 2.47. The van der Waals surface area contributed by atoms with Crippen molar-refractivity contribution in [3.05, 3.63) is 23.9 Å². The molecule has 1 aromatic rings. The van der Waals surface area contributed by atoms with Crippen molar-refractivity contribution in [1.29, 1.82) is 0 Å². The van der Waals surface area contributed by atoms with Crippen LogP contribution in [0.2, 0.25) is 0 Å². The third kappa shape index (κ3) is 7.86. The zero-order chi connectivity index (χ0) is 21.0. The molecular weight excluding hydrogens is 360 g/mol. The summed E-state index contributed by atoms with van der Waals surface area (Å²) in [5, 5.41) is 2.43. The van der Waals surface area contributed by atoms with Crippen molar-refractivity contribution in [1.82, 2.24) is 10.3 Å². The fraction of sp³-hybridized carbons (Fsp3) is 0.611. The molecule has 0 aliphatic rings. The summed E-state index contributed by atoms with van der Waals surface area (Å²) in [5.41, 5.74) is -1.34. The van der Waals surface area contributed by atoms with E-state index >= 15 is 0 Å². The lowest BCUT2D eigenvalue weighted by molar-refractivity contribution is -0.123. The Balaban J connectivity index is 3.01. The molecule has 9 heteroatoms. The summed E-state index contributed by atoms with van der Waals surface area (Å²) in [6, 6.07) is -0.538. The second kappa shape index (κ2) is 8.60. The highest BCUT2D eigenvalue weighted by molar-refractivity contribution is 5.97. The van der Waals surface area contributed by atoms with E-state index in [1.807, 2.05) is 0 Å². The quantitative estimate of drug-likeness (QED) is 0.840. The van der Waals surface area contributed by atoms with E-state index in [1.165, 1.54) is 7.05 Å². The molecule has 1 N–H and O–H groups in total. The minimum absolute atomic E-state index is 0.172. The van der Waals surface area contributed by atoms with E-state index in [0.29, 0.717) is 6.07 Å². The van der Waals surface area contributed by atoms with Crippen LogP contribution in [0, 0.1) is 11.6 Å². The number of ether oxygens (including phenoxy) is 2. The normalized spacial score (nSPS) is 13.1. The Hall–Kier alpha value is -2.29. The van der Waals surface area contributed by atoms with Crippen molar-refractivity contribution >= 4 is 17.8 Å². The lowest BCUT2D eigenvalue weighted by Crippen LogP contribution is -2.52. The van der Waals surface area contributed by atoms with Gasteiger partial charge in [0.1, 0.15) is 17.5 Å². The van der Waals surface area contributed by atoms with E-state index < -0.39 is 40.9 Å². The molecule has 0 bridgehead atoms. The third-order valence-electron chi connectivity index (χ3n) is 3.11. The van der Waals surface area contributed by atoms with Crippen LogP contribution >= 0.6 is 0 Å². The zero-order valence-electron chi connectivity index (χ0n) is 16.7. The van der Waals surface area contributed by atoms with Crippen LogP contribution in [0.4, 0.5) is 19.4 Å². The second-order valence-electron chi connectivity index (χ2n) is 7.98. The van der Waals surface area contributed by atoms with Gasteiger partial charge in [-0.1, -0.05) is 0 Å². The highest BCUT2D eigenvalue weighted by Gasteiger charge is 2.30. The van der Waals surface area contributed by atoms with Gasteiger partial charge in [0.05, 0.1) is 18.4 Å². The van der Waals surface area contributed by atoms with Crippen LogP contribution in [0.1, 0.15) is 41.5 Å². The first kappa shape index (κ1) is 22.8. The topological polar surface area (TPSA) is 80.8 Å². The predicted octanol–water partition coefficient (Wildman–Crippen LogP) is 3.03. The Bertz CT molecular complexity index is 684. The lowest BCUT2D eigenvalue weighted by Gasteiger charge is -2.28. The summed E-state index contributed by atoms with van der Waals surface area (Å²) in [5.74, 6) is -2.92. The number of carbonyl (C=O) groups excluding carboxylic acids is 2. The number of pyridine rings is 1. The fourth-order valence-corrected chi connectivity index (χ4v) is 1.95. The number of likely N-dealkylation sites (N-methyl/N-ethyl adjacent to an activating group) is 1. The fourth-order valence-electron chi connectivity index (χ4n) is 1.95. The number of amides is 2. The van der Waals surface area contributed by atoms with Crippen molar-refractivity contribution in [2.75, 3.05) is 18.6 Å². The van der Waals surface area contributed by atoms with Crippen LogP contribution in [0.5, 0.6) is 0 Å². The van der Waals surface area contributed by atoms with Gasteiger partial charge in [-0.15, -0.1) is 0 Å². The first-order chi connectivity index (χ1) is 12.2. The summed E-state index contributed by atoms with van der Waals surface area (Å²) < 4.78 is 37.7. The predicted molar refractivity (Wildman–Crippen MR) is 96.4 cm³/mol. The molecule has 1 aromatic heterocycles. The smallest absolute Gasteiger partial charge is 0.408 e. The molecule has 0 aromatic carbocycles. The van der Waals surface area contributed by atoms with Crippen LogP contribution in [0.25, 0.3) is 0 Å². The Kier molecular flexibility index (Phi) is 7.25. The molecule has 7 nitrogen and oxygen atoms in total. The number of nitrogens with zero attached hydrogens (tertiary/aromatic N) is 2. The Labute approximate surface area is 158 Å². The first-order valence-electron chi connectivity index (χ1n) is 8.42. The highest BCUT2D eigenvalue weighted by atomic mass is 19.1. The number of hydrogen-bond acceptors (Lipinski definition) is 5. The summed E-state index contributed by atoms with van der Waals surface area (Å²) >= 11 is 0. The van der Waals surface area contributed by atoms with E-state index in [-0.39, 0.29) is 12.4 Å². The molecule has 0 saturated carbocycles. The van der Waals surface area contributed by atoms with Crippen molar-refractivity contribution in [2.45, 2.75) is 58.8 Å². The Morgan fingerprint density at radius 1 is 1.19 bits per heavy atom. The zero-order valence-corrected chi connectivity index (χ0v) is 16.7. The second-order valence-corrected chi connectivity index (χ2v) is 7.98. The van der Waals surface area contributed by atoms with Gasteiger partial charge < -0.3 is 14.8 Å². The molecule has 0 radical (unpaired) electrons. The number of nitrogens with one attached hydrogen (secondary N) is 1. The van der Waals surface area contributed by atoms with Crippen LogP contribution in [-0.4, -0.2) is 47.9 Å². The van der Waals surface area contributed by atoms with Gasteiger partial charge in [-0.05, 0) is 41.5 Å². The van der Waals surface area contributed by atoms with E-state index in [0.717, 1.165) is 11.1 Å². The maximum absolute atomic E-state index is 13.9. The summed E-state index contributed by atoms with van der Waals surface area (Å²) in [6.07, 6.45) is -0.0243. The van der Waals surface area contributed by atoms with Crippen molar-refractivity contribution in [3.8, 4) is 0 Å². The molecule has 0 fully saturated rings. The van der Waals surface area contributed by atoms with Crippen LogP contribution in [-0.2, 0) is 14.3 Å². The number of aromatic nitrogens is 1. The van der Waals surface area contributed by atoms with Gasteiger partial charge >= 0.3 is 6.09 Å². The largest absolute Gasteiger partial charge is 0.444 e. The molecule has 0 aliphatic heterocycles. The molecule has 27 heavy (non-hydrogen) atoms. The first-order valence-corrected chi connectivity index (χ1v) is 8.42. The van der Waals surface area contributed by atoms with Gasteiger partial charge in [0.2, 0.25) is 0 Å². The molecule has 0 unspecified atom stereocenters. The maximum Gasteiger partial charge on any atom is 0.408 e. The number of carbonyl (C=O) groups is 2. The molecule has 0 aliphatic carbocycles. The number of rotatable bonds is 5. The van der Waals surface area contributed by atoms with Gasteiger partial charge in [-0.25, -0.2) is 18.6 Å². The SMILES string of the molecule is CN(C(=O)[C@H](COC(C)(C)C)NC(=O)OC(C)(C)C)c1ncc(F)cc1F. The summed E-state index contributed by atoms with van der Waals surface area (Å²) in [7, 11) is 1.27. The highest BCUT2D eigenvalue weighted by Crippen LogP contribution is 2.17. The van der Waals surface area contributed by atoms with Gasteiger partial charge in [0.15, 0.2) is 11.6 Å². The van der Waals surface area contributed by atoms with E-state index in [4.69, 9.17) is 9.47 Å². The van der Waals surface area contributed by atoms with Crippen LogP contribution in [0.3, 0.4) is 0 Å². The Morgan fingerprint density at radius 3 is 2.26 bits per heavy atom. The summed E-state index contributed by atoms with van der Waals surface area (Å²) in [6.45, 7) is 10.2. The van der Waals surface area contributed by atoms with Crippen molar-refractivity contribution < 1.29 is 27.8 Å². The lowest BCUT2D eigenvalue weighted by atomic mass is 10.2. The third-order valence-corrected chi connectivity index (χ3v) is 3.11. The van der Waals surface area contributed by atoms with E-state index in [2.05, 4.69) is 10.3 Å². The van der Waals surface area contributed by atoms with Crippen molar-refractivity contribution in [3.63, 3.8) is 0 Å². The van der Waals surface area contributed by atoms with Crippen LogP contribution in [0.15, 0.2) is 12.3 Å². The van der Waals surface area contributed by atoms with E-state index in [1.54, 1.807) is 41.5 Å². The van der Waals surface area contributed by atoms with Gasteiger partial charge in [-0.2, -0.15) is 0 Å². The number of anilines is 1. The molecule has 1 rings (SSSR count). The van der Waals surface area contributed by atoms with E-state index in [9.17, 15) is 18.4 Å². The number of halogens is 2. The van der Waals surface area contributed by atoms with Gasteiger partial charge in [0.25, 0.3) is 5.91 Å². The van der Waals surface area contributed by atoms with Gasteiger partial charge in [0, 0.05) is 13.1 Å². The molecular formula is C18H27F2N3O4. The molecule has 1 atom stereocenters. The molecule has 0 spiro atoms. The minimum atomic E-state index is -1.16. The van der Waals surface area contributed by atoms with Gasteiger partial charge in [-0.3, -0.25) is 9.69 Å². The maximum atomic E-state index is 13.9. The number of hydrogen-bond donors (Lipinski definition) is 1. The standard InChI is InChI=1S/C18H27F2N3O4/c1-17(2,3)26-10-13(22-16(25)27-18(4,5)6)15(24)23(7)14-12(20)8-11(19)9-21-14/h8-9,13H,10H2,1-7H3,(H,22,25)/t13-/m0/s1. The molecule has 2 amide bonds.